The van der Waals surface area contributed by atoms with E-state index < -0.39 is 11.6 Å². The van der Waals surface area contributed by atoms with E-state index in [4.69, 9.17) is 9.47 Å². The molecule has 1 atom stereocenters. The lowest BCUT2D eigenvalue weighted by Gasteiger charge is -2.23. The van der Waals surface area contributed by atoms with Crippen LogP contribution in [-0.4, -0.2) is 12.9 Å². The lowest BCUT2D eigenvalue weighted by Crippen LogP contribution is -2.24. The van der Waals surface area contributed by atoms with E-state index in [1.807, 2.05) is 0 Å². The van der Waals surface area contributed by atoms with Crippen LogP contribution in [0.3, 0.4) is 0 Å². The highest BCUT2D eigenvalue weighted by Gasteiger charge is 2.16. The zero-order chi connectivity index (χ0) is 15.5. The fraction of sp³-hybridized carbons (Fsp3) is 0.294. The summed E-state index contributed by atoms with van der Waals surface area (Å²) >= 11 is 2.97. The van der Waals surface area contributed by atoms with Crippen LogP contribution >= 0.6 is 15.9 Å². The third kappa shape index (κ3) is 3.31. The lowest BCUT2D eigenvalue weighted by molar-refractivity contribution is -0.105. The van der Waals surface area contributed by atoms with Gasteiger partial charge in [0, 0.05) is 12.0 Å². The lowest BCUT2D eigenvalue weighted by atomic mass is 10.0. The smallest absolute Gasteiger partial charge is 0.199 e. The van der Waals surface area contributed by atoms with Crippen LogP contribution in [0.1, 0.15) is 19.3 Å². The topological polar surface area (TPSA) is 18.5 Å². The predicted octanol–water partition coefficient (Wildman–Crippen LogP) is 5.30. The van der Waals surface area contributed by atoms with Crippen molar-refractivity contribution in [1.82, 2.24) is 0 Å². The zero-order valence-corrected chi connectivity index (χ0v) is 13.4. The maximum absolute atomic E-state index is 14.0. The SMILES string of the molecule is Fc1c(Br)ccc(-c2ccc(OC3CCCCO3)cc2)c1F. The first kappa shape index (κ1) is 15.4. The van der Waals surface area contributed by atoms with E-state index in [9.17, 15) is 8.78 Å². The zero-order valence-electron chi connectivity index (χ0n) is 11.8. The fourth-order valence-electron chi connectivity index (χ4n) is 2.42. The van der Waals surface area contributed by atoms with Gasteiger partial charge in [0.05, 0.1) is 11.1 Å². The van der Waals surface area contributed by atoms with E-state index in [0.29, 0.717) is 17.9 Å². The van der Waals surface area contributed by atoms with E-state index in [0.717, 1.165) is 19.3 Å². The van der Waals surface area contributed by atoms with Crippen LogP contribution < -0.4 is 4.74 Å². The van der Waals surface area contributed by atoms with Gasteiger partial charge in [-0.25, -0.2) is 8.78 Å². The first-order chi connectivity index (χ1) is 10.6. The third-order valence-corrected chi connectivity index (χ3v) is 4.22. The molecule has 1 heterocycles. The fourth-order valence-corrected chi connectivity index (χ4v) is 2.72. The molecule has 0 bridgehead atoms. The molecule has 0 N–H and O–H groups in total. The molecule has 0 radical (unpaired) electrons. The Morgan fingerprint density at radius 3 is 2.45 bits per heavy atom. The Kier molecular flexibility index (Phi) is 4.74. The Bertz CT molecular complexity index is 652. The highest BCUT2D eigenvalue weighted by atomic mass is 79.9. The standard InChI is InChI=1S/C17H15BrF2O2/c18-14-9-8-13(16(19)17(14)20)11-4-6-12(7-5-11)22-15-3-1-2-10-21-15/h4-9,15H,1-3,10H2. The van der Waals surface area contributed by atoms with Gasteiger partial charge in [0.2, 0.25) is 0 Å². The van der Waals surface area contributed by atoms with E-state index in [-0.39, 0.29) is 16.3 Å². The molecule has 0 amide bonds. The Balaban J connectivity index is 1.78. The summed E-state index contributed by atoms with van der Waals surface area (Å²) in [6.45, 7) is 0.714. The second-order valence-corrected chi connectivity index (χ2v) is 6.02. The average Bonchev–Trinajstić information content (AvgIpc) is 2.55. The summed E-state index contributed by atoms with van der Waals surface area (Å²) in [6.07, 6.45) is 2.80. The van der Waals surface area contributed by atoms with Crippen molar-refractivity contribution in [2.75, 3.05) is 6.61 Å². The molecule has 0 spiro atoms. The van der Waals surface area contributed by atoms with Crippen molar-refractivity contribution < 1.29 is 18.3 Å². The van der Waals surface area contributed by atoms with Gasteiger partial charge in [0.1, 0.15) is 5.75 Å². The number of hydrogen-bond acceptors (Lipinski definition) is 2. The molecule has 1 fully saturated rings. The van der Waals surface area contributed by atoms with E-state index in [1.54, 1.807) is 30.3 Å². The normalized spacial score (nSPS) is 18.2. The molecular weight excluding hydrogens is 354 g/mol. The molecule has 1 unspecified atom stereocenters. The summed E-state index contributed by atoms with van der Waals surface area (Å²) in [5, 5.41) is 0. The van der Waals surface area contributed by atoms with Crippen molar-refractivity contribution in [2.45, 2.75) is 25.6 Å². The molecule has 1 aliphatic heterocycles. The Morgan fingerprint density at radius 1 is 1.00 bits per heavy atom. The Morgan fingerprint density at radius 2 is 1.77 bits per heavy atom. The first-order valence-corrected chi connectivity index (χ1v) is 7.96. The quantitative estimate of drug-likeness (QED) is 0.684. The summed E-state index contributed by atoms with van der Waals surface area (Å²) in [7, 11) is 0. The van der Waals surface area contributed by atoms with Crippen LogP contribution in [0.25, 0.3) is 11.1 Å². The molecule has 0 aliphatic carbocycles. The van der Waals surface area contributed by atoms with Gasteiger partial charge in [0.15, 0.2) is 17.9 Å². The second-order valence-electron chi connectivity index (χ2n) is 5.16. The molecule has 0 aromatic heterocycles. The van der Waals surface area contributed by atoms with Crippen LogP contribution in [0.5, 0.6) is 5.75 Å². The Labute approximate surface area is 136 Å². The number of halogens is 3. The highest BCUT2D eigenvalue weighted by molar-refractivity contribution is 9.10. The van der Waals surface area contributed by atoms with Gasteiger partial charge in [0.25, 0.3) is 0 Å². The maximum Gasteiger partial charge on any atom is 0.199 e. The van der Waals surface area contributed by atoms with E-state index in [1.165, 1.54) is 6.07 Å². The molecule has 2 aromatic rings. The van der Waals surface area contributed by atoms with Crippen molar-refractivity contribution >= 4 is 15.9 Å². The van der Waals surface area contributed by atoms with Crippen LogP contribution in [0.4, 0.5) is 8.78 Å². The van der Waals surface area contributed by atoms with Crippen LogP contribution in [0.2, 0.25) is 0 Å². The van der Waals surface area contributed by atoms with Crippen molar-refractivity contribution in [2.24, 2.45) is 0 Å². The first-order valence-electron chi connectivity index (χ1n) is 7.17. The van der Waals surface area contributed by atoms with E-state index in [2.05, 4.69) is 15.9 Å². The molecule has 22 heavy (non-hydrogen) atoms. The minimum Gasteiger partial charge on any atom is -0.465 e. The highest BCUT2D eigenvalue weighted by Crippen LogP contribution is 2.30. The summed E-state index contributed by atoms with van der Waals surface area (Å²) in [5.41, 5.74) is 0.821. The molecule has 0 saturated carbocycles. The molecule has 116 valence electrons. The molecule has 2 aromatic carbocycles. The largest absolute Gasteiger partial charge is 0.465 e. The predicted molar refractivity (Wildman–Crippen MR) is 83.7 cm³/mol. The Hall–Kier alpha value is -1.46. The molecule has 3 rings (SSSR count). The van der Waals surface area contributed by atoms with Gasteiger partial charge in [-0.05, 0) is 52.5 Å². The summed E-state index contributed by atoms with van der Waals surface area (Å²) in [5.74, 6) is -1.08. The molecule has 2 nitrogen and oxygen atoms in total. The van der Waals surface area contributed by atoms with Gasteiger partial charge < -0.3 is 9.47 Å². The number of rotatable bonds is 3. The summed E-state index contributed by atoms with van der Waals surface area (Å²) < 4.78 is 38.9. The van der Waals surface area contributed by atoms with Gasteiger partial charge in [-0.3, -0.25) is 0 Å². The van der Waals surface area contributed by atoms with Gasteiger partial charge >= 0.3 is 0 Å². The van der Waals surface area contributed by atoms with Crippen molar-refractivity contribution in [1.29, 1.82) is 0 Å². The summed E-state index contributed by atoms with van der Waals surface area (Å²) in [4.78, 5) is 0. The third-order valence-electron chi connectivity index (χ3n) is 3.61. The maximum atomic E-state index is 14.0. The monoisotopic (exact) mass is 368 g/mol. The number of benzene rings is 2. The van der Waals surface area contributed by atoms with Crippen molar-refractivity contribution in [3.05, 3.63) is 52.5 Å². The van der Waals surface area contributed by atoms with Crippen molar-refractivity contribution in [3.8, 4) is 16.9 Å². The number of ether oxygens (including phenoxy) is 2. The van der Waals surface area contributed by atoms with Gasteiger partial charge in [-0.15, -0.1) is 0 Å². The van der Waals surface area contributed by atoms with Crippen molar-refractivity contribution in [3.63, 3.8) is 0 Å². The minimum atomic E-state index is -0.881. The van der Waals surface area contributed by atoms with E-state index >= 15 is 0 Å². The van der Waals surface area contributed by atoms with Crippen LogP contribution in [0, 0.1) is 11.6 Å². The second kappa shape index (κ2) is 6.75. The molecule has 5 heteroatoms. The van der Waals surface area contributed by atoms with Gasteiger partial charge in [-0.1, -0.05) is 18.2 Å². The minimum absolute atomic E-state index is 0.114. The number of hydrogen-bond donors (Lipinski definition) is 0. The summed E-state index contributed by atoms with van der Waals surface area (Å²) in [6, 6.07) is 9.95. The van der Waals surface area contributed by atoms with Gasteiger partial charge in [-0.2, -0.15) is 0 Å². The molecular formula is C17H15BrF2O2. The average molecular weight is 369 g/mol. The van der Waals surface area contributed by atoms with Crippen LogP contribution in [-0.2, 0) is 4.74 Å². The molecule has 1 aliphatic rings. The van der Waals surface area contributed by atoms with Crippen LogP contribution in [0.15, 0.2) is 40.9 Å². The molecule has 1 saturated heterocycles.